The van der Waals surface area contributed by atoms with Gasteiger partial charge in [-0.25, -0.2) is 0 Å². The Balaban J connectivity index is 0.000000211. The van der Waals surface area contributed by atoms with Gasteiger partial charge in [-0.3, -0.25) is 0 Å². The fraction of sp³-hybridized carbons (Fsp3) is 0.423. The van der Waals surface area contributed by atoms with Gasteiger partial charge in [0.25, 0.3) is 0 Å². The topological polar surface area (TPSA) is 0 Å². The van der Waals surface area contributed by atoms with E-state index in [0.717, 1.165) is 24.7 Å². The van der Waals surface area contributed by atoms with Crippen LogP contribution in [0.15, 0.2) is 109 Å². The zero-order valence-electron chi connectivity index (χ0n) is 34.6. The second-order valence-electron chi connectivity index (χ2n) is 16.4. The van der Waals surface area contributed by atoms with Gasteiger partial charge in [0.05, 0.1) is 0 Å². The SMILES string of the molecule is CCC[Si](C)=[Zr+2].CCc1ccc(-c2cccc3[cH-]c(CC4CCCCC4)cc23)cc1.CCc1ccc(-c2cccc3[cH-]c(CC4CCCCC4)cc23)cc1.[Cl-].[Cl-]. The van der Waals surface area contributed by atoms with Gasteiger partial charge in [0.15, 0.2) is 0 Å². The maximum atomic E-state index is 2.45. The third-order valence-corrected chi connectivity index (χ3v) is 15.2. The van der Waals surface area contributed by atoms with Crippen molar-refractivity contribution in [1.29, 1.82) is 0 Å². The monoisotopic (exact) mass is 876 g/mol. The minimum Gasteiger partial charge on any atom is -1.00 e. The van der Waals surface area contributed by atoms with Crippen LogP contribution < -0.4 is 24.8 Å². The average molecular weight is 879 g/mol. The summed E-state index contributed by atoms with van der Waals surface area (Å²) in [4.78, 5) is 0. The molecule has 0 radical (unpaired) electrons. The van der Waals surface area contributed by atoms with E-state index in [-0.39, 0.29) is 30.2 Å². The zero-order valence-corrected chi connectivity index (χ0v) is 39.6. The van der Waals surface area contributed by atoms with E-state index in [0.29, 0.717) is 0 Å². The first-order chi connectivity index (χ1) is 26.4. The molecule has 0 amide bonds. The van der Waals surface area contributed by atoms with Gasteiger partial charge in [-0.1, -0.05) is 150 Å². The first-order valence-corrected chi connectivity index (χ1v) is 27.4. The number of hydrogen-bond acceptors (Lipinski definition) is 0. The molecule has 0 nitrogen and oxygen atoms in total. The molecule has 0 atom stereocenters. The van der Waals surface area contributed by atoms with Crippen LogP contribution in [-0.2, 0) is 49.0 Å². The molecule has 0 aromatic heterocycles. The largest absolute Gasteiger partial charge is 1.00 e. The van der Waals surface area contributed by atoms with Gasteiger partial charge < -0.3 is 24.8 Å². The number of fused-ring (bicyclic) bond motifs is 2. The van der Waals surface area contributed by atoms with Gasteiger partial charge in [-0.2, -0.15) is 12.1 Å². The van der Waals surface area contributed by atoms with Crippen LogP contribution in [0.5, 0.6) is 0 Å². The second-order valence-corrected chi connectivity index (χ2v) is 24.7. The number of halogens is 2. The number of hydrogen-bond donors (Lipinski definition) is 0. The van der Waals surface area contributed by atoms with Crippen molar-refractivity contribution in [3.8, 4) is 22.3 Å². The maximum absolute atomic E-state index is 2.45. The number of aryl methyl sites for hydroxylation is 2. The molecule has 0 heterocycles. The van der Waals surface area contributed by atoms with Crippen molar-refractivity contribution >= 4 is 27.0 Å². The van der Waals surface area contributed by atoms with Crippen LogP contribution in [0, 0.1) is 11.8 Å². The molecule has 0 saturated heterocycles. The van der Waals surface area contributed by atoms with Crippen LogP contribution in [0.3, 0.4) is 0 Å². The Morgan fingerprint density at radius 2 is 0.946 bits per heavy atom. The molecule has 6 aromatic carbocycles. The Morgan fingerprint density at radius 1 is 0.554 bits per heavy atom. The van der Waals surface area contributed by atoms with Crippen molar-refractivity contribution in [3.05, 3.63) is 131 Å². The zero-order chi connectivity index (χ0) is 37.7. The van der Waals surface area contributed by atoms with E-state index in [1.165, 1.54) is 156 Å². The molecule has 2 fully saturated rings. The molecule has 2 aliphatic rings. The van der Waals surface area contributed by atoms with Crippen molar-refractivity contribution < 1.29 is 48.1 Å². The van der Waals surface area contributed by atoms with Crippen molar-refractivity contribution in [1.82, 2.24) is 0 Å². The summed E-state index contributed by atoms with van der Waals surface area (Å²) in [6.45, 7) is 9.08. The number of rotatable bonds is 10. The molecular weight excluding hydrogens is 815 g/mol. The van der Waals surface area contributed by atoms with Gasteiger partial charge in [0, 0.05) is 0 Å². The van der Waals surface area contributed by atoms with Crippen LogP contribution in [0.4, 0.5) is 0 Å². The summed E-state index contributed by atoms with van der Waals surface area (Å²) in [5, 5.41) is 5.65. The van der Waals surface area contributed by atoms with Gasteiger partial charge in [0.2, 0.25) is 0 Å². The average Bonchev–Trinajstić information content (AvgIpc) is 3.82. The first-order valence-electron chi connectivity index (χ1n) is 21.5. The third-order valence-electron chi connectivity index (χ3n) is 12.1. The molecule has 0 spiro atoms. The summed E-state index contributed by atoms with van der Waals surface area (Å²) < 4.78 is 0. The Morgan fingerprint density at radius 3 is 1.27 bits per heavy atom. The molecule has 0 aliphatic heterocycles. The molecule has 2 aliphatic carbocycles. The summed E-state index contributed by atoms with van der Waals surface area (Å²) in [5.41, 5.74) is 11.5. The van der Waals surface area contributed by atoms with Crippen molar-refractivity contribution in [2.45, 2.75) is 130 Å². The van der Waals surface area contributed by atoms with Gasteiger partial charge in [-0.15, -0.1) is 69.1 Å². The maximum Gasteiger partial charge on any atom is -0.0279 e. The van der Waals surface area contributed by atoms with Crippen molar-refractivity contribution in [2.75, 3.05) is 0 Å². The molecule has 6 aromatic rings. The van der Waals surface area contributed by atoms with E-state index in [1.54, 1.807) is 23.3 Å². The molecule has 0 unspecified atom stereocenters. The molecule has 0 bridgehead atoms. The van der Waals surface area contributed by atoms with Crippen LogP contribution >= 0.6 is 0 Å². The standard InChI is InChI=1S/2C24H27.C4H10Si.2ClH.Zr/c2*1-2-18-11-13-21(14-12-18)23-10-6-9-22-16-20(17-24(22)23)15-19-7-4-3-5-8-19;1-3-4-5-2;;;/h2*6,9-14,16-17,19H,2-5,7-8,15H2,1H3;3-4H2,1-2H3;2*1H;/q2*-1;;;;+2/p-2. The van der Waals surface area contributed by atoms with E-state index in [9.17, 15) is 0 Å². The van der Waals surface area contributed by atoms with Crippen LogP contribution in [-0.4, -0.2) is 5.43 Å². The molecule has 56 heavy (non-hydrogen) atoms. The summed E-state index contributed by atoms with van der Waals surface area (Å²) >= 11 is 1.79. The Kier molecular flexibility index (Phi) is 19.9. The Hall–Kier alpha value is -2.22. The van der Waals surface area contributed by atoms with E-state index >= 15 is 0 Å². The van der Waals surface area contributed by atoms with Crippen LogP contribution in [0.25, 0.3) is 43.8 Å². The van der Waals surface area contributed by atoms with Crippen LogP contribution in [0.2, 0.25) is 12.6 Å². The fourth-order valence-electron chi connectivity index (χ4n) is 9.00. The van der Waals surface area contributed by atoms with Crippen molar-refractivity contribution in [2.24, 2.45) is 11.8 Å². The summed E-state index contributed by atoms with van der Waals surface area (Å²) in [7, 11) is 0. The first kappa shape index (κ1) is 46.5. The molecule has 2 saturated carbocycles. The normalized spacial score (nSPS) is 14.5. The van der Waals surface area contributed by atoms with E-state index in [4.69, 9.17) is 0 Å². The Labute approximate surface area is 367 Å². The van der Waals surface area contributed by atoms with E-state index in [1.807, 2.05) is 0 Å². The van der Waals surface area contributed by atoms with Gasteiger partial charge in [0.1, 0.15) is 0 Å². The van der Waals surface area contributed by atoms with E-state index < -0.39 is 0 Å². The summed E-state index contributed by atoms with van der Waals surface area (Å²) in [6, 6.07) is 42.9. The number of benzene rings is 4. The smallest absolute Gasteiger partial charge is 0.0279 e. The van der Waals surface area contributed by atoms with Crippen molar-refractivity contribution in [3.63, 3.8) is 0 Å². The van der Waals surface area contributed by atoms with Gasteiger partial charge in [-0.05, 0) is 59.8 Å². The summed E-state index contributed by atoms with van der Waals surface area (Å²) in [6.07, 6.45) is 20.4. The third kappa shape index (κ3) is 13.1. The minimum atomic E-state index is 0. The fourth-order valence-corrected chi connectivity index (χ4v) is 11.6. The van der Waals surface area contributed by atoms with E-state index in [2.05, 4.69) is 137 Å². The minimum absolute atomic E-state index is 0. The Bertz CT molecular complexity index is 1900. The van der Waals surface area contributed by atoms with Gasteiger partial charge >= 0.3 is 54.7 Å². The summed E-state index contributed by atoms with van der Waals surface area (Å²) in [5.74, 6) is 1.81. The molecule has 296 valence electrons. The predicted molar refractivity (Wildman–Crippen MR) is 236 cm³/mol. The quantitative estimate of drug-likeness (QED) is 0.0952. The molecule has 0 N–H and O–H groups in total. The van der Waals surface area contributed by atoms with Crippen LogP contribution in [0.1, 0.15) is 114 Å². The molecule has 8 rings (SSSR count). The predicted octanol–water partition coefficient (Wildman–Crippen LogP) is 9.39. The molecular formula is C52H64Cl2SiZr-2. The second kappa shape index (κ2) is 24.0. The molecule has 4 heteroatoms.